The van der Waals surface area contributed by atoms with Gasteiger partial charge in [-0.3, -0.25) is 9.59 Å². The van der Waals surface area contributed by atoms with Gasteiger partial charge in [-0.15, -0.1) is 13.0 Å². The van der Waals surface area contributed by atoms with E-state index in [2.05, 4.69) is 17.2 Å². The second-order valence-electron chi connectivity index (χ2n) is 2.66. The van der Waals surface area contributed by atoms with Gasteiger partial charge in [-0.05, 0) is 6.42 Å². The molecule has 0 aromatic carbocycles. The lowest BCUT2D eigenvalue weighted by Gasteiger charge is -2.02. The topological polar surface area (TPSA) is 52.6 Å². The van der Waals surface area contributed by atoms with E-state index in [4.69, 9.17) is 11.2 Å². The van der Waals surface area contributed by atoms with Crippen LogP contribution < -0.4 is 0 Å². The van der Waals surface area contributed by atoms with E-state index >= 15 is 0 Å². The summed E-state index contributed by atoms with van der Waals surface area (Å²) in [5.74, 6) is 1.24. The Balaban J connectivity index is 3.49. The number of terminal acetylenes is 1. The lowest BCUT2D eigenvalue weighted by molar-refractivity contribution is -0.149. The van der Waals surface area contributed by atoms with Crippen molar-refractivity contribution in [3.8, 4) is 12.3 Å². The third kappa shape index (κ3) is 8.57. The minimum absolute atomic E-state index is 0.00535. The van der Waals surface area contributed by atoms with Gasteiger partial charge in [-0.2, -0.15) is 0 Å². The highest BCUT2D eigenvalue weighted by atomic mass is 16.5. The molecule has 0 heterocycles. The predicted molar refractivity (Wildman–Crippen MR) is 54.8 cm³/mol. The zero-order valence-electron chi connectivity index (χ0n) is 8.53. The standard InChI is InChI=1S/C11H14O4/c1-3-5-9-15-11(13)7-6-10(12)14-8-4-2/h2-3H,1,5-9H2. The maximum absolute atomic E-state index is 11.0. The fourth-order valence-corrected chi connectivity index (χ4v) is 0.727. The Morgan fingerprint density at radius 2 is 1.87 bits per heavy atom. The molecule has 0 spiro atoms. The highest BCUT2D eigenvalue weighted by molar-refractivity contribution is 5.77. The van der Waals surface area contributed by atoms with E-state index in [1.165, 1.54) is 0 Å². The second-order valence-corrected chi connectivity index (χ2v) is 2.66. The summed E-state index contributed by atoms with van der Waals surface area (Å²) in [4.78, 5) is 21.9. The fraction of sp³-hybridized carbons (Fsp3) is 0.455. The molecule has 0 aromatic rings. The van der Waals surface area contributed by atoms with E-state index in [0.29, 0.717) is 13.0 Å². The van der Waals surface area contributed by atoms with Gasteiger partial charge in [0.15, 0.2) is 6.61 Å². The van der Waals surface area contributed by atoms with E-state index in [0.717, 1.165) is 0 Å². The fourth-order valence-electron chi connectivity index (χ4n) is 0.727. The van der Waals surface area contributed by atoms with Gasteiger partial charge >= 0.3 is 11.9 Å². The van der Waals surface area contributed by atoms with Crippen LogP contribution >= 0.6 is 0 Å². The average Bonchev–Trinajstić information content (AvgIpc) is 2.24. The van der Waals surface area contributed by atoms with Gasteiger partial charge < -0.3 is 9.47 Å². The summed E-state index contributed by atoms with van der Waals surface area (Å²) in [7, 11) is 0. The summed E-state index contributed by atoms with van der Waals surface area (Å²) >= 11 is 0. The van der Waals surface area contributed by atoms with Crippen LogP contribution in [0.5, 0.6) is 0 Å². The molecule has 0 N–H and O–H groups in total. The molecule has 0 aromatic heterocycles. The van der Waals surface area contributed by atoms with Crippen molar-refractivity contribution in [3.63, 3.8) is 0 Å². The molecule has 0 saturated heterocycles. The zero-order valence-corrected chi connectivity index (χ0v) is 8.53. The number of rotatable bonds is 7. The molecule has 15 heavy (non-hydrogen) atoms. The highest BCUT2D eigenvalue weighted by Gasteiger charge is 2.07. The smallest absolute Gasteiger partial charge is 0.307 e. The molecule has 0 aliphatic carbocycles. The Labute approximate surface area is 89.2 Å². The molecular weight excluding hydrogens is 196 g/mol. The number of hydrogen-bond acceptors (Lipinski definition) is 4. The van der Waals surface area contributed by atoms with Gasteiger partial charge in [-0.25, -0.2) is 0 Å². The van der Waals surface area contributed by atoms with Gasteiger partial charge in [0.1, 0.15) is 0 Å². The molecule has 0 amide bonds. The summed E-state index contributed by atoms with van der Waals surface area (Å²) in [6, 6.07) is 0. The minimum atomic E-state index is -0.492. The molecule has 0 bridgehead atoms. The maximum Gasteiger partial charge on any atom is 0.307 e. The Kier molecular flexibility index (Phi) is 7.79. The summed E-state index contributed by atoms with van der Waals surface area (Å²) in [5.41, 5.74) is 0. The highest BCUT2D eigenvalue weighted by Crippen LogP contribution is 1.96. The number of carbonyl (C=O) groups is 2. The first-order valence-electron chi connectivity index (χ1n) is 4.56. The monoisotopic (exact) mass is 210 g/mol. The molecule has 0 radical (unpaired) electrons. The van der Waals surface area contributed by atoms with Crippen molar-refractivity contribution in [2.45, 2.75) is 19.3 Å². The van der Waals surface area contributed by atoms with Gasteiger partial charge in [0.2, 0.25) is 0 Å². The van der Waals surface area contributed by atoms with E-state index in [-0.39, 0.29) is 19.4 Å². The van der Waals surface area contributed by atoms with Crippen molar-refractivity contribution in [2.75, 3.05) is 13.2 Å². The molecule has 0 saturated carbocycles. The van der Waals surface area contributed by atoms with Crippen LogP contribution in [0.4, 0.5) is 0 Å². The van der Waals surface area contributed by atoms with Crippen molar-refractivity contribution < 1.29 is 19.1 Å². The van der Waals surface area contributed by atoms with Crippen LogP contribution in [0.25, 0.3) is 0 Å². The Hall–Kier alpha value is -1.76. The Morgan fingerprint density at radius 1 is 1.27 bits per heavy atom. The van der Waals surface area contributed by atoms with E-state index < -0.39 is 11.9 Å². The zero-order chi connectivity index (χ0) is 11.5. The number of esters is 2. The largest absolute Gasteiger partial charge is 0.465 e. The molecule has 0 unspecified atom stereocenters. The van der Waals surface area contributed by atoms with Crippen LogP contribution in [-0.4, -0.2) is 25.2 Å². The molecule has 0 aliphatic heterocycles. The minimum Gasteiger partial charge on any atom is -0.465 e. The van der Waals surface area contributed by atoms with Crippen LogP contribution in [0.3, 0.4) is 0 Å². The van der Waals surface area contributed by atoms with Gasteiger partial charge in [0.25, 0.3) is 0 Å². The van der Waals surface area contributed by atoms with Crippen molar-refractivity contribution in [1.82, 2.24) is 0 Å². The van der Waals surface area contributed by atoms with Crippen molar-refractivity contribution in [2.24, 2.45) is 0 Å². The third-order valence-electron chi connectivity index (χ3n) is 1.43. The number of ether oxygens (including phenoxy) is 2. The van der Waals surface area contributed by atoms with Crippen molar-refractivity contribution in [3.05, 3.63) is 12.7 Å². The van der Waals surface area contributed by atoms with E-state index in [1.807, 2.05) is 0 Å². The molecule has 0 fully saturated rings. The van der Waals surface area contributed by atoms with Gasteiger partial charge in [0.05, 0.1) is 19.4 Å². The summed E-state index contributed by atoms with van der Waals surface area (Å²) < 4.78 is 9.35. The maximum atomic E-state index is 11.0. The average molecular weight is 210 g/mol. The van der Waals surface area contributed by atoms with Crippen molar-refractivity contribution in [1.29, 1.82) is 0 Å². The molecular formula is C11H14O4. The van der Waals surface area contributed by atoms with Gasteiger partial charge in [0, 0.05) is 0 Å². The normalized spacial score (nSPS) is 8.73. The Bertz CT molecular complexity index is 262. The summed E-state index contributed by atoms with van der Waals surface area (Å²) in [6.45, 7) is 3.71. The van der Waals surface area contributed by atoms with Crippen molar-refractivity contribution >= 4 is 11.9 Å². The quantitative estimate of drug-likeness (QED) is 0.273. The number of carbonyl (C=O) groups excluding carboxylic acids is 2. The van der Waals surface area contributed by atoms with Crippen LogP contribution in [-0.2, 0) is 19.1 Å². The molecule has 0 aliphatic rings. The number of hydrogen-bond donors (Lipinski definition) is 0. The third-order valence-corrected chi connectivity index (χ3v) is 1.43. The molecule has 0 atom stereocenters. The van der Waals surface area contributed by atoms with Crippen LogP contribution in [0.2, 0.25) is 0 Å². The molecule has 4 nitrogen and oxygen atoms in total. The van der Waals surface area contributed by atoms with Gasteiger partial charge in [-0.1, -0.05) is 12.0 Å². The summed E-state index contributed by atoms with van der Waals surface area (Å²) in [6.07, 6.45) is 7.15. The van der Waals surface area contributed by atoms with E-state index in [9.17, 15) is 9.59 Å². The molecule has 82 valence electrons. The van der Waals surface area contributed by atoms with Crippen LogP contribution in [0.15, 0.2) is 12.7 Å². The lowest BCUT2D eigenvalue weighted by atomic mass is 10.3. The summed E-state index contributed by atoms with van der Waals surface area (Å²) in [5, 5.41) is 0. The van der Waals surface area contributed by atoms with Crippen LogP contribution in [0.1, 0.15) is 19.3 Å². The first kappa shape index (κ1) is 13.2. The van der Waals surface area contributed by atoms with E-state index in [1.54, 1.807) is 6.08 Å². The molecule has 4 heteroatoms. The Morgan fingerprint density at radius 3 is 2.40 bits per heavy atom. The SMILES string of the molecule is C#CCOC(=O)CCC(=O)OCCC=C. The lowest BCUT2D eigenvalue weighted by Crippen LogP contribution is -2.10. The predicted octanol–water partition coefficient (Wildman–Crippen LogP) is 1.06. The second kappa shape index (κ2) is 8.82. The first-order valence-corrected chi connectivity index (χ1v) is 4.56. The first-order chi connectivity index (χ1) is 7.20. The molecule has 0 rings (SSSR count). The van der Waals surface area contributed by atoms with Crippen LogP contribution in [0, 0.1) is 12.3 Å².